The Morgan fingerprint density at radius 3 is 2.31 bits per heavy atom. The molecule has 0 bridgehead atoms. The van der Waals surface area contributed by atoms with Crippen molar-refractivity contribution < 1.29 is 0 Å². The molecule has 172 valence electrons. The topological polar surface area (TPSA) is 43.1 Å². The van der Waals surface area contributed by atoms with Crippen LogP contribution in [0.4, 0.5) is 0 Å². The lowest BCUT2D eigenvalue weighted by Gasteiger charge is -2.41. The largest absolute Gasteiger partial charge is 0.330 e. The zero-order valence-electron chi connectivity index (χ0n) is 20.8. The first-order valence-corrected chi connectivity index (χ1v) is 11.9. The van der Waals surface area contributed by atoms with Gasteiger partial charge < -0.3 is 0 Å². The maximum atomic E-state index is 12.9. The summed E-state index contributed by atoms with van der Waals surface area (Å²) in [4.78, 5) is 20.5. The van der Waals surface area contributed by atoms with E-state index in [4.69, 9.17) is 4.98 Å². The van der Waals surface area contributed by atoms with Gasteiger partial charge in [-0.25, -0.2) is 9.78 Å². The Balaban J connectivity index is 1.78. The van der Waals surface area contributed by atoms with Crippen LogP contribution in [0.2, 0.25) is 0 Å². The van der Waals surface area contributed by atoms with Gasteiger partial charge in [-0.3, -0.25) is 14.0 Å². The molecular weight excluding hydrogens is 396 g/mol. The summed E-state index contributed by atoms with van der Waals surface area (Å²) in [6.07, 6.45) is 3.89. The number of pyridine rings is 1. The predicted octanol–water partition coefficient (Wildman–Crippen LogP) is 5.48. The molecule has 0 radical (unpaired) electrons. The van der Waals surface area contributed by atoms with Gasteiger partial charge in [0.05, 0.1) is 11.2 Å². The van der Waals surface area contributed by atoms with Crippen molar-refractivity contribution >= 4 is 11.2 Å². The molecule has 3 aromatic rings. The lowest BCUT2D eigenvalue weighted by atomic mass is 9.87. The van der Waals surface area contributed by atoms with Gasteiger partial charge in [-0.15, -0.1) is 0 Å². The molecular formula is C27H38N4O. The second kappa shape index (κ2) is 8.18. The van der Waals surface area contributed by atoms with Gasteiger partial charge in [-0.1, -0.05) is 39.3 Å². The zero-order valence-corrected chi connectivity index (χ0v) is 20.8. The third-order valence-corrected chi connectivity index (χ3v) is 6.98. The van der Waals surface area contributed by atoms with Gasteiger partial charge >= 0.3 is 5.69 Å². The van der Waals surface area contributed by atoms with Gasteiger partial charge in [0.1, 0.15) is 0 Å². The van der Waals surface area contributed by atoms with Crippen LogP contribution in [0.15, 0.2) is 35.1 Å². The summed E-state index contributed by atoms with van der Waals surface area (Å²) in [7, 11) is 1.82. The molecule has 0 unspecified atom stereocenters. The van der Waals surface area contributed by atoms with Crippen molar-refractivity contribution in [2.45, 2.75) is 72.9 Å². The van der Waals surface area contributed by atoms with Gasteiger partial charge in [-0.05, 0) is 81.4 Å². The molecule has 3 heterocycles. The first-order chi connectivity index (χ1) is 15.0. The van der Waals surface area contributed by atoms with Crippen LogP contribution in [0, 0.1) is 12.3 Å². The van der Waals surface area contributed by atoms with Crippen molar-refractivity contribution in [1.82, 2.24) is 19.0 Å². The molecule has 0 atom stereocenters. The lowest BCUT2D eigenvalue weighted by Crippen LogP contribution is -2.44. The van der Waals surface area contributed by atoms with E-state index in [0.717, 1.165) is 35.5 Å². The molecule has 1 aliphatic heterocycles. The third-order valence-electron chi connectivity index (χ3n) is 6.98. The Kier molecular flexibility index (Phi) is 5.83. The van der Waals surface area contributed by atoms with E-state index in [0.29, 0.717) is 6.54 Å². The number of piperidine rings is 1. The fourth-order valence-corrected chi connectivity index (χ4v) is 4.96. The molecule has 1 fully saturated rings. The van der Waals surface area contributed by atoms with Crippen molar-refractivity contribution in [3.8, 4) is 11.3 Å². The van der Waals surface area contributed by atoms with Gasteiger partial charge in [0.25, 0.3) is 0 Å². The van der Waals surface area contributed by atoms with Crippen molar-refractivity contribution in [1.29, 1.82) is 0 Å². The molecule has 0 amide bonds. The quantitative estimate of drug-likeness (QED) is 0.546. The number of imidazole rings is 1. The fraction of sp³-hybridized carbons (Fsp3) is 0.556. The Hall–Kier alpha value is -2.40. The van der Waals surface area contributed by atoms with Crippen molar-refractivity contribution in [2.24, 2.45) is 12.5 Å². The van der Waals surface area contributed by atoms with E-state index in [9.17, 15) is 4.79 Å². The molecule has 0 aliphatic carbocycles. The maximum Gasteiger partial charge on any atom is 0.330 e. The Bertz CT molecular complexity index is 1190. The van der Waals surface area contributed by atoms with E-state index in [1.54, 1.807) is 4.57 Å². The number of aryl methyl sites for hydroxylation is 2. The minimum Gasteiger partial charge on any atom is -0.294 e. The molecule has 0 saturated carbocycles. The molecule has 5 nitrogen and oxygen atoms in total. The normalized spacial score (nSPS) is 16.1. The fourth-order valence-electron chi connectivity index (χ4n) is 4.96. The molecule has 1 aromatic carbocycles. The molecule has 5 heteroatoms. The summed E-state index contributed by atoms with van der Waals surface area (Å²) in [5.41, 5.74) is 6.24. The van der Waals surface area contributed by atoms with E-state index >= 15 is 0 Å². The number of aromatic nitrogens is 3. The highest BCUT2D eigenvalue weighted by atomic mass is 16.1. The zero-order chi connectivity index (χ0) is 23.3. The monoisotopic (exact) mass is 434 g/mol. The minimum atomic E-state index is -0.0180. The van der Waals surface area contributed by atoms with Gasteiger partial charge in [-0.2, -0.15) is 0 Å². The molecule has 32 heavy (non-hydrogen) atoms. The van der Waals surface area contributed by atoms with Gasteiger partial charge in [0.15, 0.2) is 5.65 Å². The maximum absolute atomic E-state index is 12.9. The number of likely N-dealkylation sites (tertiary alicyclic amines) is 1. The Morgan fingerprint density at radius 1 is 0.969 bits per heavy atom. The van der Waals surface area contributed by atoms with Gasteiger partial charge in [0.2, 0.25) is 0 Å². The van der Waals surface area contributed by atoms with Crippen LogP contribution in [0.25, 0.3) is 22.4 Å². The smallest absolute Gasteiger partial charge is 0.294 e. The van der Waals surface area contributed by atoms with Crippen LogP contribution in [0.3, 0.4) is 0 Å². The second-order valence-corrected chi connectivity index (χ2v) is 11.2. The number of fused-ring (bicyclic) bond motifs is 1. The first kappa shape index (κ1) is 22.8. The van der Waals surface area contributed by atoms with E-state index in [-0.39, 0.29) is 16.6 Å². The van der Waals surface area contributed by atoms with Crippen molar-refractivity contribution in [3.05, 3.63) is 51.9 Å². The minimum absolute atomic E-state index is 0.00344. The lowest BCUT2D eigenvalue weighted by molar-refractivity contribution is 0.0944. The summed E-state index contributed by atoms with van der Waals surface area (Å²) in [5.74, 6) is 0. The van der Waals surface area contributed by atoms with Gasteiger partial charge in [0, 0.05) is 24.7 Å². The van der Waals surface area contributed by atoms with Crippen molar-refractivity contribution in [2.75, 3.05) is 13.1 Å². The summed E-state index contributed by atoms with van der Waals surface area (Å²) in [5, 5.41) is 0. The first-order valence-electron chi connectivity index (χ1n) is 11.9. The van der Waals surface area contributed by atoms with Crippen LogP contribution in [0.1, 0.15) is 65.0 Å². The average Bonchev–Trinajstić information content (AvgIpc) is 2.98. The van der Waals surface area contributed by atoms with Crippen molar-refractivity contribution in [3.63, 3.8) is 0 Å². The van der Waals surface area contributed by atoms with Crippen LogP contribution in [-0.4, -0.2) is 32.1 Å². The standard InChI is InChI=1S/C27H38N4O/c1-19-11-12-20(27(5,6)30-15-9-8-10-16-30)17-21(19)22-13-14-23-24(28-22)29(7)25(32)31(23)18-26(2,3)4/h11-14,17H,8-10,15-16,18H2,1-7H3. The highest BCUT2D eigenvalue weighted by Crippen LogP contribution is 2.34. The predicted molar refractivity (Wildman–Crippen MR) is 133 cm³/mol. The number of hydrogen-bond acceptors (Lipinski definition) is 3. The Labute approximate surface area is 192 Å². The molecule has 1 saturated heterocycles. The Morgan fingerprint density at radius 2 is 1.66 bits per heavy atom. The number of rotatable bonds is 4. The molecule has 2 aromatic heterocycles. The highest BCUT2D eigenvalue weighted by Gasteiger charge is 2.30. The summed E-state index contributed by atoms with van der Waals surface area (Å²) in [6, 6.07) is 10.9. The SMILES string of the molecule is Cc1ccc(C(C)(C)N2CCCCC2)cc1-c1ccc2c(n1)n(C)c(=O)n2CC(C)(C)C. The molecule has 1 aliphatic rings. The van der Waals surface area contributed by atoms with Crippen LogP contribution in [-0.2, 0) is 19.1 Å². The summed E-state index contributed by atoms with van der Waals surface area (Å²) in [6.45, 7) is 16.2. The highest BCUT2D eigenvalue weighted by molar-refractivity contribution is 5.77. The van der Waals surface area contributed by atoms with E-state index in [1.807, 2.05) is 11.6 Å². The van der Waals surface area contributed by atoms with E-state index < -0.39 is 0 Å². The average molecular weight is 435 g/mol. The summed E-state index contributed by atoms with van der Waals surface area (Å²) >= 11 is 0. The second-order valence-electron chi connectivity index (χ2n) is 11.2. The van der Waals surface area contributed by atoms with Crippen LogP contribution < -0.4 is 5.69 Å². The third kappa shape index (κ3) is 4.15. The number of benzene rings is 1. The van der Waals surface area contributed by atoms with E-state index in [1.165, 1.54) is 30.4 Å². The van der Waals surface area contributed by atoms with Crippen LogP contribution >= 0.6 is 0 Å². The molecule has 0 N–H and O–H groups in total. The molecule has 0 spiro atoms. The number of hydrogen-bond donors (Lipinski definition) is 0. The van der Waals surface area contributed by atoms with Crippen LogP contribution in [0.5, 0.6) is 0 Å². The number of nitrogens with zero attached hydrogens (tertiary/aromatic N) is 4. The summed E-state index contributed by atoms with van der Waals surface area (Å²) < 4.78 is 3.54. The van der Waals surface area contributed by atoms with E-state index in [2.05, 4.69) is 76.8 Å². The molecule has 4 rings (SSSR count).